The maximum Gasteiger partial charge on any atom is 0.238 e. The molecule has 0 radical (unpaired) electrons. The van der Waals surface area contributed by atoms with Gasteiger partial charge in [-0.1, -0.05) is 0 Å². The number of nitrogens with zero attached hydrogens (tertiary/aromatic N) is 4. The highest BCUT2D eigenvalue weighted by molar-refractivity contribution is 7.89. The molecule has 0 saturated heterocycles. The van der Waals surface area contributed by atoms with Gasteiger partial charge in [-0.15, -0.1) is 0 Å². The number of sulfonamides is 1. The molecule has 1 aliphatic rings. The van der Waals surface area contributed by atoms with Crippen molar-refractivity contribution in [2.45, 2.75) is 11.3 Å². The van der Waals surface area contributed by atoms with Gasteiger partial charge in [-0.05, 0) is 24.3 Å². The minimum atomic E-state index is -3.74. The molecular weight excluding hydrogens is 344 g/mol. The van der Waals surface area contributed by atoms with Crippen LogP contribution in [0.25, 0.3) is 0 Å². The standard InChI is InChI=1S/C15H18N6O3S/c1-20-8-7-13(22)21(2)14-12(20)9-17-15(19-14)18-10-3-5-11(6-4-10)25(16,23)24/h3-6,9H,7-8H2,1-2H3,(H2,16,23,24)(H,17,18,19). The van der Waals surface area contributed by atoms with Crippen LogP contribution in [0.1, 0.15) is 6.42 Å². The van der Waals surface area contributed by atoms with Gasteiger partial charge in [-0.25, -0.2) is 18.5 Å². The lowest BCUT2D eigenvalue weighted by Gasteiger charge is -2.20. The number of anilines is 4. The van der Waals surface area contributed by atoms with Gasteiger partial charge < -0.3 is 10.2 Å². The number of benzene rings is 1. The van der Waals surface area contributed by atoms with E-state index >= 15 is 0 Å². The topological polar surface area (TPSA) is 122 Å². The second kappa shape index (κ2) is 6.30. The molecule has 2 heterocycles. The van der Waals surface area contributed by atoms with Crippen molar-refractivity contribution in [3.05, 3.63) is 30.5 Å². The third-order valence-corrected chi connectivity index (χ3v) is 4.88. The quantitative estimate of drug-likeness (QED) is 0.823. The summed E-state index contributed by atoms with van der Waals surface area (Å²) in [6.07, 6.45) is 2.06. The number of hydrogen-bond donors (Lipinski definition) is 2. The third-order valence-electron chi connectivity index (χ3n) is 3.95. The number of fused-ring (bicyclic) bond motifs is 1. The van der Waals surface area contributed by atoms with Crippen LogP contribution in [0.3, 0.4) is 0 Å². The van der Waals surface area contributed by atoms with Gasteiger partial charge in [0.05, 0.1) is 16.8 Å². The highest BCUT2D eigenvalue weighted by Gasteiger charge is 2.24. The van der Waals surface area contributed by atoms with Gasteiger partial charge in [0.25, 0.3) is 0 Å². The van der Waals surface area contributed by atoms with E-state index in [4.69, 9.17) is 5.14 Å². The van der Waals surface area contributed by atoms with Crippen LogP contribution in [0.2, 0.25) is 0 Å². The molecular formula is C15H18N6O3S. The van der Waals surface area contributed by atoms with Crippen molar-refractivity contribution in [1.29, 1.82) is 0 Å². The molecule has 9 nitrogen and oxygen atoms in total. The Morgan fingerprint density at radius 2 is 1.88 bits per heavy atom. The third kappa shape index (κ3) is 3.54. The molecule has 10 heteroatoms. The molecule has 0 saturated carbocycles. The van der Waals surface area contributed by atoms with E-state index in [0.29, 0.717) is 30.4 Å². The molecule has 25 heavy (non-hydrogen) atoms. The van der Waals surface area contributed by atoms with E-state index < -0.39 is 10.0 Å². The highest BCUT2D eigenvalue weighted by Crippen LogP contribution is 2.30. The average Bonchev–Trinajstić information content (AvgIpc) is 2.67. The molecule has 3 rings (SSSR count). The minimum Gasteiger partial charge on any atom is -0.370 e. The fourth-order valence-corrected chi connectivity index (χ4v) is 2.98. The van der Waals surface area contributed by atoms with Crippen LogP contribution in [-0.4, -0.2) is 44.9 Å². The summed E-state index contributed by atoms with van der Waals surface area (Å²) >= 11 is 0. The Bertz CT molecular complexity index is 913. The molecule has 1 aromatic heterocycles. The lowest BCUT2D eigenvalue weighted by atomic mass is 10.3. The smallest absolute Gasteiger partial charge is 0.238 e. The summed E-state index contributed by atoms with van der Waals surface area (Å²) in [6, 6.07) is 5.92. The summed E-state index contributed by atoms with van der Waals surface area (Å²) in [6.45, 7) is 0.599. The van der Waals surface area contributed by atoms with Crippen molar-refractivity contribution < 1.29 is 13.2 Å². The number of aromatic nitrogens is 2. The molecule has 0 fully saturated rings. The zero-order chi connectivity index (χ0) is 18.2. The van der Waals surface area contributed by atoms with Crippen LogP contribution in [0.4, 0.5) is 23.1 Å². The van der Waals surface area contributed by atoms with E-state index in [1.54, 1.807) is 25.4 Å². The molecule has 0 atom stereocenters. The Kier molecular flexibility index (Phi) is 4.31. The minimum absolute atomic E-state index is 0.0206. The molecule has 0 spiro atoms. The molecule has 1 amide bonds. The number of carbonyl (C=O) groups excluding carboxylic acids is 1. The van der Waals surface area contributed by atoms with Gasteiger partial charge in [-0.2, -0.15) is 4.98 Å². The van der Waals surface area contributed by atoms with Crippen molar-refractivity contribution in [1.82, 2.24) is 9.97 Å². The second-order valence-corrected chi connectivity index (χ2v) is 7.28. The Hall–Kier alpha value is -2.72. The van der Waals surface area contributed by atoms with Crippen molar-refractivity contribution in [2.75, 3.05) is 35.8 Å². The predicted molar refractivity (Wildman–Crippen MR) is 94.4 cm³/mol. The molecule has 132 valence electrons. The molecule has 2 aromatic rings. The second-order valence-electron chi connectivity index (χ2n) is 5.72. The predicted octanol–water partition coefficient (Wildman–Crippen LogP) is 0.670. The Morgan fingerprint density at radius 1 is 1.20 bits per heavy atom. The van der Waals surface area contributed by atoms with Crippen molar-refractivity contribution in [2.24, 2.45) is 5.14 Å². The number of rotatable bonds is 3. The molecule has 1 aromatic carbocycles. The van der Waals surface area contributed by atoms with E-state index in [1.165, 1.54) is 17.0 Å². The van der Waals surface area contributed by atoms with E-state index in [1.807, 2.05) is 11.9 Å². The number of amides is 1. The summed E-state index contributed by atoms with van der Waals surface area (Å²) < 4.78 is 22.6. The first-order valence-electron chi connectivity index (χ1n) is 7.50. The molecule has 0 unspecified atom stereocenters. The summed E-state index contributed by atoms with van der Waals surface area (Å²) in [5.74, 6) is 0.800. The number of nitrogens with two attached hydrogens (primary N) is 1. The highest BCUT2D eigenvalue weighted by atomic mass is 32.2. The van der Waals surface area contributed by atoms with E-state index in [9.17, 15) is 13.2 Å². The van der Waals surface area contributed by atoms with Crippen molar-refractivity contribution >= 4 is 39.1 Å². The van der Waals surface area contributed by atoms with E-state index in [0.717, 1.165) is 5.69 Å². The molecule has 0 aliphatic carbocycles. The first kappa shape index (κ1) is 17.1. The van der Waals surface area contributed by atoms with Crippen LogP contribution in [0.5, 0.6) is 0 Å². The summed E-state index contributed by atoms with van der Waals surface area (Å²) in [5.41, 5.74) is 1.37. The normalized spacial score (nSPS) is 14.9. The van der Waals surface area contributed by atoms with Gasteiger partial charge in [-0.3, -0.25) is 9.69 Å². The maximum atomic E-state index is 12.1. The van der Waals surface area contributed by atoms with Crippen molar-refractivity contribution in [3.63, 3.8) is 0 Å². The van der Waals surface area contributed by atoms with Crippen LogP contribution in [0, 0.1) is 0 Å². The summed E-state index contributed by atoms with van der Waals surface area (Å²) in [7, 11) is -0.176. The lowest BCUT2D eigenvalue weighted by molar-refractivity contribution is -0.118. The molecule has 1 aliphatic heterocycles. The van der Waals surface area contributed by atoms with Gasteiger partial charge in [0.1, 0.15) is 0 Å². The fraction of sp³-hybridized carbons (Fsp3) is 0.267. The number of primary sulfonamides is 1. The van der Waals surface area contributed by atoms with Crippen molar-refractivity contribution in [3.8, 4) is 0 Å². The largest absolute Gasteiger partial charge is 0.370 e. The van der Waals surface area contributed by atoms with E-state index in [-0.39, 0.29) is 10.8 Å². The lowest BCUT2D eigenvalue weighted by Crippen LogP contribution is -2.26. The summed E-state index contributed by atoms with van der Waals surface area (Å²) in [5, 5.41) is 8.07. The number of hydrogen-bond acceptors (Lipinski definition) is 7. The average molecular weight is 362 g/mol. The van der Waals surface area contributed by atoms with Gasteiger partial charge in [0.15, 0.2) is 5.82 Å². The fourth-order valence-electron chi connectivity index (χ4n) is 2.47. The van der Waals surface area contributed by atoms with Crippen LogP contribution in [0.15, 0.2) is 35.4 Å². The Labute approximate surface area is 145 Å². The van der Waals surface area contributed by atoms with Crippen LogP contribution in [-0.2, 0) is 14.8 Å². The Morgan fingerprint density at radius 3 is 2.52 bits per heavy atom. The first-order valence-corrected chi connectivity index (χ1v) is 9.05. The van der Waals surface area contributed by atoms with Crippen LogP contribution < -0.4 is 20.3 Å². The zero-order valence-corrected chi connectivity index (χ0v) is 14.6. The van der Waals surface area contributed by atoms with Crippen LogP contribution >= 0.6 is 0 Å². The monoisotopic (exact) mass is 362 g/mol. The van der Waals surface area contributed by atoms with Gasteiger partial charge in [0.2, 0.25) is 21.9 Å². The van der Waals surface area contributed by atoms with Gasteiger partial charge in [0, 0.05) is 32.7 Å². The Balaban J connectivity index is 1.89. The van der Waals surface area contributed by atoms with E-state index in [2.05, 4.69) is 15.3 Å². The number of nitrogens with one attached hydrogen (secondary N) is 1. The molecule has 0 bridgehead atoms. The SMILES string of the molecule is CN1CCC(=O)N(C)c2nc(Nc3ccc(S(N)(=O)=O)cc3)ncc21. The first-order chi connectivity index (χ1) is 11.8. The zero-order valence-electron chi connectivity index (χ0n) is 13.8. The molecule has 3 N–H and O–H groups in total. The number of carbonyl (C=O) groups is 1. The summed E-state index contributed by atoms with van der Waals surface area (Å²) in [4.78, 5) is 24.2. The van der Waals surface area contributed by atoms with Gasteiger partial charge >= 0.3 is 0 Å². The maximum absolute atomic E-state index is 12.1.